The third-order valence-electron chi connectivity index (χ3n) is 4.95. The summed E-state index contributed by atoms with van der Waals surface area (Å²) < 4.78 is 15.4. The highest BCUT2D eigenvalue weighted by molar-refractivity contribution is 5.95. The van der Waals surface area contributed by atoms with Gasteiger partial charge in [-0.3, -0.25) is 19.4 Å². The van der Waals surface area contributed by atoms with Crippen LogP contribution in [0.3, 0.4) is 0 Å². The van der Waals surface area contributed by atoms with E-state index in [0.29, 0.717) is 36.9 Å². The Morgan fingerprint density at radius 3 is 2.21 bits per heavy atom. The largest absolute Gasteiger partial charge is 0.497 e. The molecule has 2 amide bonds. The quantitative estimate of drug-likeness (QED) is 0.542. The molecule has 2 rings (SSSR count). The van der Waals surface area contributed by atoms with Crippen molar-refractivity contribution in [2.75, 3.05) is 72.5 Å². The summed E-state index contributed by atoms with van der Waals surface area (Å²) >= 11 is 0. The van der Waals surface area contributed by atoms with Gasteiger partial charge >= 0.3 is 0 Å². The van der Waals surface area contributed by atoms with Crippen molar-refractivity contribution in [1.82, 2.24) is 15.1 Å². The fourth-order valence-corrected chi connectivity index (χ4v) is 3.15. The topological polar surface area (TPSA) is 92.4 Å². The van der Waals surface area contributed by atoms with E-state index < -0.39 is 0 Å². The summed E-state index contributed by atoms with van der Waals surface area (Å²) in [7, 11) is 4.74. The van der Waals surface area contributed by atoms with Crippen LogP contribution >= 0.6 is 0 Å². The van der Waals surface area contributed by atoms with E-state index in [9.17, 15) is 9.59 Å². The molecule has 29 heavy (non-hydrogen) atoms. The highest BCUT2D eigenvalue weighted by atomic mass is 16.5. The first-order valence-electron chi connectivity index (χ1n) is 9.72. The van der Waals surface area contributed by atoms with Gasteiger partial charge in [0.25, 0.3) is 0 Å². The average Bonchev–Trinajstić information content (AvgIpc) is 2.73. The van der Waals surface area contributed by atoms with Gasteiger partial charge in [0, 0.05) is 63.7 Å². The smallest absolute Gasteiger partial charge is 0.241 e. The number of nitrogens with zero attached hydrogens (tertiary/aromatic N) is 2. The van der Waals surface area contributed by atoms with Crippen LogP contribution in [0.1, 0.15) is 6.92 Å². The molecule has 1 aromatic carbocycles. The minimum absolute atomic E-state index is 0.00624. The van der Waals surface area contributed by atoms with E-state index in [1.54, 1.807) is 39.5 Å². The van der Waals surface area contributed by atoms with Gasteiger partial charge in [0.1, 0.15) is 11.5 Å². The van der Waals surface area contributed by atoms with Gasteiger partial charge in [0.2, 0.25) is 11.8 Å². The Kier molecular flexibility index (Phi) is 9.17. The second-order valence-electron chi connectivity index (χ2n) is 6.92. The molecule has 1 fully saturated rings. The normalized spacial score (nSPS) is 16.1. The molecule has 2 N–H and O–H groups in total. The molecule has 9 nitrogen and oxygen atoms in total. The van der Waals surface area contributed by atoms with Crippen molar-refractivity contribution in [2.45, 2.75) is 13.0 Å². The molecule has 0 radical (unpaired) electrons. The molecular formula is C20H32N4O5. The van der Waals surface area contributed by atoms with Crippen LogP contribution in [0.15, 0.2) is 18.2 Å². The molecule has 1 aliphatic rings. The number of carbonyl (C=O) groups is 2. The van der Waals surface area contributed by atoms with Gasteiger partial charge in [-0.1, -0.05) is 0 Å². The molecule has 0 aliphatic carbocycles. The second-order valence-corrected chi connectivity index (χ2v) is 6.92. The summed E-state index contributed by atoms with van der Waals surface area (Å²) in [6, 6.07) is 4.98. The summed E-state index contributed by atoms with van der Waals surface area (Å²) in [5, 5.41) is 5.76. The molecule has 1 heterocycles. The number of anilines is 1. The van der Waals surface area contributed by atoms with E-state index in [0.717, 1.165) is 26.2 Å². The minimum Gasteiger partial charge on any atom is -0.497 e. The van der Waals surface area contributed by atoms with Gasteiger partial charge in [-0.25, -0.2) is 0 Å². The Labute approximate surface area is 172 Å². The highest BCUT2D eigenvalue weighted by Gasteiger charge is 2.26. The Hall–Kier alpha value is -2.36. The number of benzene rings is 1. The third-order valence-corrected chi connectivity index (χ3v) is 4.95. The van der Waals surface area contributed by atoms with Crippen molar-refractivity contribution in [2.24, 2.45) is 0 Å². The summed E-state index contributed by atoms with van der Waals surface area (Å²) in [5.74, 6) is 1.13. The summed E-state index contributed by atoms with van der Waals surface area (Å²) in [5.41, 5.74) is 0.629. The van der Waals surface area contributed by atoms with Crippen LogP contribution in [0.5, 0.6) is 11.5 Å². The number of ether oxygens (including phenoxy) is 3. The predicted octanol–water partition coefficient (Wildman–Crippen LogP) is 0.411. The van der Waals surface area contributed by atoms with Gasteiger partial charge in [-0.05, 0) is 6.92 Å². The van der Waals surface area contributed by atoms with Crippen LogP contribution < -0.4 is 20.1 Å². The number of rotatable bonds is 10. The SMILES string of the molecule is COCCNC(=O)CN1CCN(C(C)C(=O)Nc2cc(OC)cc(OC)c2)CC1. The molecule has 0 bridgehead atoms. The van der Waals surface area contributed by atoms with E-state index in [1.807, 2.05) is 6.92 Å². The molecule has 0 saturated carbocycles. The number of piperazine rings is 1. The van der Waals surface area contributed by atoms with Crippen molar-refractivity contribution in [3.8, 4) is 11.5 Å². The van der Waals surface area contributed by atoms with Crippen molar-refractivity contribution < 1.29 is 23.8 Å². The van der Waals surface area contributed by atoms with Crippen molar-refractivity contribution in [1.29, 1.82) is 0 Å². The van der Waals surface area contributed by atoms with E-state index in [-0.39, 0.29) is 17.9 Å². The fourth-order valence-electron chi connectivity index (χ4n) is 3.15. The number of amides is 2. The van der Waals surface area contributed by atoms with Crippen LogP contribution in [0.25, 0.3) is 0 Å². The lowest BCUT2D eigenvalue weighted by atomic mass is 10.2. The number of nitrogens with one attached hydrogen (secondary N) is 2. The molecule has 162 valence electrons. The molecule has 1 saturated heterocycles. The van der Waals surface area contributed by atoms with Crippen LogP contribution in [-0.4, -0.2) is 94.9 Å². The molecule has 1 unspecified atom stereocenters. The number of methoxy groups -OCH3 is 3. The van der Waals surface area contributed by atoms with Gasteiger partial charge in [-0.2, -0.15) is 0 Å². The van der Waals surface area contributed by atoms with Crippen LogP contribution in [-0.2, 0) is 14.3 Å². The zero-order valence-electron chi connectivity index (χ0n) is 17.7. The van der Waals surface area contributed by atoms with Crippen LogP contribution in [0, 0.1) is 0 Å². The first kappa shape index (κ1) is 22.9. The van der Waals surface area contributed by atoms with Crippen molar-refractivity contribution in [3.63, 3.8) is 0 Å². The Bertz CT molecular complexity index is 655. The summed E-state index contributed by atoms with van der Waals surface area (Å²) in [6.07, 6.45) is 0. The molecule has 9 heteroatoms. The maximum absolute atomic E-state index is 12.7. The number of hydrogen-bond donors (Lipinski definition) is 2. The highest BCUT2D eigenvalue weighted by Crippen LogP contribution is 2.26. The first-order valence-corrected chi connectivity index (χ1v) is 9.72. The molecule has 1 atom stereocenters. The lowest BCUT2D eigenvalue weighted by Gasteiger charge is -2.37. The second kappa shape index (κ2) is 11.6. The molecule has 0 aromatic heterocycles. The van der Waals surface area contributed by atoms with E-state index in [1.165, 1.54) is 0 Å². The fraction of sp³-hybridized carbons (Fsp3) is 0.600. The predicted molar refractivity (Wildman–Crippen MR) is 111 cm³/mol. The Morgan fingerprint density at radius 2 is 1.66 bits per heavy atom. The zero-order chi connectivity index (χ0) is 21.2. The Morgan fingerprint density at radius 1 is 1.03 bits per heavy atom. The van der Waals surface area contributed by atoms with Crippen LogP contribution in [0.2, 0.25) is 0 Å². The van der Waals surface area contributed by atoms with Gasteiger partial charge < -0.3 is 24.8 Å². The lowest BCUT2D eigenvalue weighted by Crippen LogP contribution is -2.54. The maximum atomic E-state index is 12.7. The van der Waals surface area contributed by atoms with E-state index in [2.05, 4.69) is 20.4 Å². The van der Waals surface area contributed by atoms with Crippen molar-refractivity contribution in [3.05, 3.63) is 18.2 Å². The monoisotopic (exact) mass is 408 g/mol. The van der Waals surface area contributed by atoms with Gasteiger partial charge in [0.05, 0.1) is 33.4 Å². The minimum atomic E-state index is -0.287. The molecule has 1 aliphatic heterocycles. The van der Waals surface area contributed by atoms with E-state index in [4.69, 9.17) is 14.2 Å². The number of carbonyl (C=O) groups excluding carboxylic acids is 2. The molecule has 1 aromatic rings. The third kappa shape index (κ3) is 7.19. The van der Waals surface area contributed by atoms with Crippen LogP contribution in [0.4, 0.5) is 5.69 Å². The summed E-state index contributed by atoms with van der Waals surface area (Å²) in [4.78, 5) is 28.8. The van der Waals surface area contributed by atoms with Crippen molar-refractivity contribution >= 4 is 17.5 Å². The average molecular weight is 408 g/mol. The first-order chi connectivity index (χ1) is 14.0. The van der Waals surface area contributed by atoms with Gasteiger partial charge in [0.15, 0.2) is 0 Å². The molecule has 0 spiro atoms. The Balaban J connectivity index is 1.82. The van der Waals surface area contributed by atoms with E-state index >= 15 is 0 Å². The zero-order valence-corrected chi connectivity index (χ0v) is 17.7. The molecular weight excluding hydrogens is 376 g/mol. The standard InChI is InChI=1S/C20H32N4O5/c1-15(20(26)22-16-11-17(28-3)13-18(12-16)29-4)24-8-6-23(7-9-24)14-19(25)21-5-10-27-2/h11-13,15H,5-10,14H2,1-4H3,(H,21,25)(H,22,26). The van der Waals surface area contributed by atoms with Gasteiger partial charge in [-0.15, -0.1) is 0 Å². The number of hydrogen-bond acceptors (Lipinski definition) is 7. The summed E-state index contributed by atoms with van der Waals surface area (Å²) in [6.45, 7) is 6.20. The maximum Gasteiger partial charge on any atom is 0.241 e. The lowest BCUT2D eigenvalue weighted by molar-refractivity contribution is -0.124.